The number of nitrogens with zero attached hydrogens (tertiary/aromatic N) is 2. The maximum Gasteiger partial charge on any atom is 0.0994 e. The molecule has 2 heterocycles. The van der Waals surface area contributed by atoms with Gasteiger partial charge in [0.15, 0.2) is 0 Å². The van der Waals surface area contributed by atoms with E-state index in [-0.39, 0.29) is 0 Å². The van der Waals surface area contributed by atoms with E-state index in [2.05, 4.69) is 53.8 Å². The Bertz CT molecular complexity index is 580. The molecule has 0 radical (unpaired) electrons. The Labute approximate surface area is 121 Å². The maximum absolute atomic E-state index is 4.38. The number of piperidine rings is 1. The fourth-order valence-corrected chi connectivity index (χ4v) is 3.24. The van der Waals surface area contributed by atoms with Crippen molar-refractivity contribution in [2.24, 2.45) is 0 Å². The van der Waals surface area contributed by atoms with E-state index in [1.54, 1.807) is 0 Å². The number of rotatable bonds is 2. The first-order chi connectivity index (χ1) is 9.63. The summed E-state index contributed by atoms with van der Waals surface area (Å²) in [4.78, 5) is 4.38. The molecule has 0 bridgehead atoms. The molecule has 0 saturated carbocycles. The Morgan fingerprint density at radius 1 is 1.15 bits per heavy atom. The average Bonchev–Trinajstić information content (AvgIpc) is 2.86. The summed E-state index contributed by atoms with van der Waals surface area (Å²) in [6.07, 6.45) is 7.70. The molecule has 3 rings (SSSR count). The van der Waals surface area contributed by atoms with Crippen LogP contribution >= 0.6 is 0 Å². The minimum absolute atomic E-state index is 0.419. The van der Waals surface area contributed by atoms with E-state index in [0.717, 1.165) is 0 Å². The highest BCUT2D eigenvalue weighted by Crippen LogP contribution is 2.27. The van der Waals surface area contributed by atoms with Crippen LogP contribution in [0.4, 0.5) is 0 Å². The molecule has 20 heavy (non-hydrogen) atoms. The van der Waals surface area contributed by atoms with Gasteiger partial charge in [-0.05, 0) is 63.3 Å². The first-order valence-corrected chi connectivity index (χ1v) is 7.50. The summed E-state index contributed by atoms with van der Waals surface area (Å²) in [6, 6.07) is 7.68. The van der Waals surface area contributed by atoms with E-state index >= 15 is 0 Å². The van der Waals surface area contributed by atoms with E-state index in [0.29, 0.717) is 12.1 Å². The predicted octanol–water partition coefficient (Wildman–Crippen LogP) is 3.69. The summed E-state index contributed by atoms with van der Waals surface area (Å²) in [5, 5.41) is 3.70. The van der Waals surface area contributed by atoms with Crippen LogP contribution in [0.15, 0.2) is 30.7 Å². The van der Waals surface area contributed by atoms with E-state index in [1.807, 2.05) is 12.5 Å². The van der Waals surface area contributed by atoms with Gasteiger partial charge in [-0.3, -0.25) is 0 Å². The lowest BCUT2D eigenvalue weighted by Crippen LogP contribution is -2.35. The fraction of sp³-hybridized carbons (Fsp3) is 0.471. The molecule has 0 aliphatic carbocycles. The molecule has 2 unspecified atom stereocenters. The number of nitrogens with one attached hydrogen (secondary N) is 1. The van der Waals surface area contributed by atoms with Crippen LogP contribution < -0.4 is 5.32 Å². The molecule has 1 aliphatic rings. The Morgan fingerprint density at radius 2 is 1.90 bits per heavy atom. The quantitative estimate of drug-likeness (QED) is 0.901. The van der Waals surface area contributed by atoms with Gasteiger partial charge in [-0.1, -0.05) is 6.07 Å². The minimum Gasteiger partial charge on any atom is -0.306 e. The number of aryl methyl sites for hydroxylation is 2. The minimum atomic E-state index is 0.419. The highest BCUT2D eigenvalue weighted by molar-refractivity contribution is 5.41. The van der Waals surface area contributed by atoms with Crippen molar-refractivity contribution in [3.63, 3.8) is 0 Å². The lowest BCUT2D eigenvalue weighted by molar-refractivity contribution is 0.334. The second kappa shape index (κ2) is 5.41. The smallest absolute Gasteiger partial charge is 0.0994 e. The molecule has 1 saturated heterocycles. The average molecular weight is 269 g/mol. The Morgan fingerprint density at radius 3 is 2.60 bits per heavy atom. The van der Waals surface area contributed by atoms with Crippen molar-refractivity contribution in [1.29, 1.82) is 0 Å². The van der Waals surface area contributed by atoms with Crippen LogP contribution in [0.2, 0.25) is 0 Å². The number of hydrogen-bond donors (Lipinski definition) is 1. The van der Waals surface area contributed by atoms with Gasteiger partial charge >= 0.3 is 0 Å². The number of benzene rings is 1. The molecule has 1 aromatic carbocycles. The third-order valence-corrected chi connectivity index (χ3v) is 4.12. The molecule has 0 amide bonds. The Hall–Kier alpha value is -1.61. The van der Waals surface area contributed by atoms with Crippen LogP contribution in [-0.4, -0.2) is 15.6 Å². The molecular weight excluding hydrogens is 246 g/mol. The van der Waals surface area contributed by atoms with Crippen molar-refractivity contribution >= 4 is 0 Å². The van der Waals surface area contributed by atoms with Gasteiger partial charge in [-0.25, -0.2) is 4.98 Å². The second-order valence-corrected chi connectivity index (χ2v) is 6.09. The highest BCUT2D eigenvalue weighted by atomic mass is 15.1. The van der Waals surface area contributed by atoms with Crippen molar-refractivity contribution in [1.82, 2.24) is 14.9 Å². The number of imidazole rings is 1. The summed E-state index contributed by atoms with van der Waals surface area (Å²) in [5.74, 6) is 0. The SMILES string of the molecule is Cc1cc(C)cc(-n2cncc2C2CCCC(C)N2)c1. The van der Waals surface area contributed by atoms with Crippen LogP contribution in [0, 0.1) is 13.8 Å². The van der Waals surface area contributed by atoms with E-state index in [1.165, 1.54) is 41.8 Å². The Balaban J connectivity index is 1.97. The molecule has 106 valence electrons. The number of hydrogen-bond acceptors (Lipinski definition) is 2. The highest BCUT2D eigenvalue weighted by Gasteiger charge is 2.22. The first-order valence-electron chi connectivity index (χ1n) is 7.50. The molecule has 0 spiro atoms. The lowest BCUT2D eigenvalue weighted by Gasteiger charge is -2.29. The normalized spacial score (nSPS) is 22.9. The first kappa shape index (κ1) is 13.4. The molecule has 3 heteroatoms. The zero-order valence-electron chi connectivity index (χ0n) is 12.6. The lowest BCUT2D eigenvalue weighted by atomic mass is 9.97. The van der Waals surface area contributed by atoms with Crippen molar-refractivity contribution in [3.8, 4) is 5.69 Å². The topological polar surface area (TPSA) is 29.9 Å². The van der Waals surface area contributed by atoms with Gasteiger partial charge in [0.05, 0.1) is 18.2 Å². The molecule has 1 N–H and O–H groups in total. The predicted molar refractivity (Wildman–Crippen MR) is 82.2 cm³/mol. The third-order valence-electron chi connectivity index (χ3n) is 4.12. The van der Waals surface area contributed by atoms with Crippen molar-refractivity contribution < 1.29 is 0 Å². The monoisotopic (exact) mass is 269 g/mol. The third kappa shape index (κ3) is 2.63. The van der Waals surface area contributed by atoms with Gasteiger partial charge in [0.25, 0.3) is 0 Å². The van der Waals surface area contributed by atoms with Crippen LogP contribution in [0.1, 0.15) is 49.0 Å². The number of aromatic nitrogens is 2. The standard InChI is InChI=1S/C17H23N3/c1-12-7-13(2)9-15(8-12)20-11-18-10-17(20)16-6-4-5-14(3)19-16/h7-11,14,16,19H,4-6H2,1-3H3. The molecule has 2 atom stereocenters. The molecular formula is C17H23N3. The Kier molecular flexibility index (Phi) is 3.62. The maximum atomic E-state index is 4.38. The van der Waals surface area contributed by atoms with Gasteiger partial charge in [0, 0.05) is 17.8 Å². The molecule has 1 aliphatic heterocycles. The van der Waals surface area contributed by atoms with Gasteiger partial charge in [0.1, 0.15) is 0 Å². The van der Waals surface area contributed by atoms with Crippen LogP contribution in [0.3, 0.4) is 0 Å². The summed E-state index contributed by atoms with van der Waals surface area (Å²) in [7, 11) is 0. The summed E-state index contributed by atoms with van der Waals surface area (Å²) in [6.45, 7) is 6.56. The van der Waals surface area contributed by atoms with Crippen LogP contribution in [-0.2, 0) is 0 Å². The molecule has 2 aromatic rings. The zero-order chi connectivity index (χ0) is 14.1. The van der Waals surface area contributed by atoms with E-state index < -0.39 is 0 Å². The fourth-order valence-electron chi connectivity index (χ4n) is 3.24. The van der Waals surface area contributed by atoms with Crippen molar-refractivity contribution in [2.45, 2.75) is 52.1 Å². The zero-order valence-corrected chi connectivity index (χ0v) is 12.6. The van der Waals surface area contributed by atoms with Gasteiger partial charge < -0.3 is 9.88 Å². The van der Waals surface area contributed by atoms with Crippen LogP contribution in [0.25, 0.3) is 5.69 Å². The van der Waals surface area contributed by atoms with Crippen molar-refractivity contribution in [2.75, 3.05) is 0 Å². The van der Waals surface area contributed by atoms with Gasteiger partial charge in [0.2, 0.25) is 0 Å². The second-order valence-electron chi connectivity index (χ2n) is 6.09. The van der Waals surface area contributed by atoms with Crippen LogP contribution in [0.5, 0.6) is 0 Å². The largest absolute Gasteiger partial charge is 0.306 e. The van der Waals surface area contributed by atoms with E-state index in [4.69, 9.17) is 0 Å². The molecule has 1 fully saturated rings. The van der Waals surface area contributed by atoms with Gasteiger partial charge in [-0.15, -0.1) is 0 Å². The molecule has 1 aromatic heterocycles. The van der Waals surface area contributed by atoms with Gasteiger partial charge in [-0.2, -0.15) is 0 Å². The van der Waals surface area contributed by atoms with Crippen molar-refractivity contribution in [3.05, 3.63) is 47.5 Å². The van der Waals surface area contributed by atoms with E-state index in [9.17, 15) is 0 Å². The summed E-state index contributed by atoms with van der Waals surface area (Å²) >= 11 is 0. The summed E-state index contributed by atoms with van der Waals surface area (Å²) in [5.41, 5.74) is 5.09. The molecule has 3 nitrogen and oxygen atoms in total. The summed E-state index contributed by atoms with van der Waals surface area (Å²) < 4.78 is 2.23.